The molecule has 1 aliphatic heterocycles. The van der Waals surface area contributed by atoms with E-state index in [9.17, 15) is 0 Å². The van der Waals surface area contributed by atoms with Crippen LogP contribution in [0.2, 0.25) is 0 Å². The highest BCUT2D eigenvalue weighted by Crippen LogP contribution is 2.49. The molecule has 70 valence electrons. The minimum absolute atomic E-state index is 0.796. The molecule has 0 aromatic heterocycles. The van der Waals surface area contributed by atoms with Gasteiger partial charge in [-0.1, -0.05) is 13.3 Å². The Morgan fingerprint density at radius 2 is 2.00 bits per heavy atom. The van der Waals surface area contributed by atoms with Crippen LogP contribution in [0.4, 0.5) is 0 Å². The molecule has 0 radical (unpaired) electrons. The van der Waals surface area contributed by atoms with Crippen LogP contribution in [-0.4, -0.2) is 25.0 Å². The molecule has 2 fully saturated rings. The molecular weight excluding hydrogens is 146 g/mol. The van der Waals surface area contributed by atoms with Gasteiger partial charge in [0.15, 0.2) is 0 Å². The fraction of sp³-hybridized carbons (Fsp3) is 1.00. The van der Waals surface area contributed by atoms with Gasteiger partial charge in [0.1, 0.15) is 0 Å². The zero-order valence-corrected chi connectivity index (χ0v) is 8.47. The topological polar surface area (TPSA) is 3.24 Å². The Morgan fingerprint density at radius 3 is 2.58 bits per heavy atom. The van der Waals surface area contributed by atoms with Crippen LogP contribution in [0.5, 0.6) is 0 Å². The Kier molecular flexibility index (Phi) is 2.16. The molecule has 1 heteroatoms. The maximum absolute atomic E-state index is 2.51. The second kappa shape index (κ2) is 3.02. The van der Waals surface area contributed by atoms with E-state index in [1.807, 2.05) is 0 Å². The molecule has 1 aliphatic carbocycles. The fourth-order valence-electron chi connectivity index (χ4n) is 3.09. The van der Waals surface area contributed by atoms with Crippen LogP contribution in [0.25, 0.3) is 0 Å². The first-order chi connectivity index (χ1) is 5.70. The Balaban J connectivity index is 1.99. The smallest absolute Gasteiger partial charge is 0.000418 e. The summed E-state index contributed by atoms with van der Waals surface area (Å²) in [5, 5.41) is 0. The standard InChI is InChI=1S/C11H21N/c1-10-8-11(4-3-5-11)6-7-12(2)9-10/h10H,3-9H2,1-2H3/t10-/m1/s1. The maximum Gasteiger partial charge on any atom is 0.000418 e. The van der Waals surface area contributed by atoms with E-state index in [0.717, 1.165) is 11.3 Å². The van der Waals surface area contributed by atoms with E-state index in [1.165, 1.54) is 45.2 Å². The summed E-state index contributed by atoms with van der Waals surface area (Å²) in [6, 6.07) is 0. The largest absolute Gasteiger partial charge is 0.306 e. The first-order valence-corrected chi connectivity index (χ1v) is 5.39. The molecule has 1 atom stereocenters. The fourth-order valence-corrected chi connectivity index (χ4v) is 3.09. The van der Waals surface area contributed by atoms with E-state index in [4.69, 9.17) is 0 Å². The van der Waals surface area contributed by atoms with Crippen LogP contribution in [-0.2, 0) is 0 Å². The van der Waals surface area contributed by atoms with Gasteiger partial charge in [0.05, 0.1) is 0 Å². The average molecular weight is 167 g/mol. The minimum Gasteiger partial charge on any atom is -0.306 e. The monoisotopic (exact) mass is 167 g/mol. The van der Waals surface area contributed by atoms with Crippen molar-refractivity contribution in [2.24, 2.45) is 11.3 Å². The molecule has 0 amide bonds. The summed E-state index contributed by atoms with van der Waals surface area (Å²) >= 11 is 0. The number of hydrogen-bond acceptors (Lipinski definition) is 1. The van der Waals surface area contributed by atoms with Gasteiger partial charge in [-0.15, -0.1) is 0 Å². The predicted octanol–water partition coefficient (Wildman–Crippen LogP) is 2.52. The Labute approximate surface area is 76.1 Å². The SMILES string of the molecule is C[C@H]1CN(C)CCC2(CCC2)C1. The lowest BCUT2D eigenvalue weighted by atomic mass is 9.63. The molecule has 2 rings (SSSR count). The molecule has 12 heavy (non-hydrogen) atoms. The number of likely N-dealkylation sites (tertiary alicyclic amines) is 1. The molecule has 0 aromatic carbocycles. The lowest BCUT2D eigenvalue weighted by Gasteiger charge is -2.42. The molecule has 0 N–H and O–H groups in total. The van der Waals surface area contributed by atoms with E-state index in [2.05, 4.69) is 18.9 Å². The molecule has 0 aromatic rings. The summed E-state index contributed by atoms with van der Waals surface area (Å²) in [4.78, 5) is 2.51. The molecule has 2 aliphatic rings. The third-order valence-corrected chi connectivity index (χ3v) is 3.84. The number of hydrogen-bond donors (Lipinski definition) is 0. The molecule has 1 saturated carbocycles. The lowest BCUT2D eigenvalue weighted by Crippen LogP contribution is -2.31. The Morgan fingerprint density at radius 1 is 1.25 bits per heavy atom. The van der Waals surface area contributed by atoms with Gasteiger partial charge in [0, 0.05) is 6.54 Å². The van der Waals surface area contributed by atoms with Crippen LogP contribution >= 0.6 is 0 Å². The van der Waals surface area contributed by atoms with E-state index < -0.39 is 0 Å². The Bertz CT molecular complexity index is 160. The first-order valence-electron chi connectivity index (χ1n) is 5.39. The van der Waals surface area contributed by atoms with Gasteiger partial charge in [-0.05, 0) is 50.6 Å². The van der Waals surface area contributed by atoms with Gasteiger partial charge in [-0.25, -0.2) is 0 Å². The zero-order valence-electron chi connectivity index (χ0n) is 8.47. The van der Waals surface area contributed by atoms with Crippen molar-refractivity contribution in [1.82, 2.24) is 4.90 Å². The summed E-state index contributed by atoms with van der Waals surface area (Å²) in [6.07, 6.45) is 7.50. The van der Waals surface area contributed by atoms with Crippen LogP contribution in [0, 0.1) is 11.3 Å². The van der Waals surface area contributed by atoms with Crippen LogP contribution in [0.15, 0.2) is 0 Å². The first kappa shape index (κ1) is 8.55. The molecule has 1 nitrogen and oxygen atoms in total. The molecule has 0 unspecified atom stereocenters. The van der Waals surface area contributed by atoms with Gasteiger partial charge in [-0.3, -0.25) is 0 Å². The molecular formula is C11H21N. The normalized spacial score (nSPS) is 36.0. The molecule has 1 heterocycles. The summed E-state index contributed by atoms with van der Waals surface area (Å²) < 4.78 is 0. The highest BCUT2D eigenvalue weighted by molar-refractivity contribution is 4.91. The van der Waals surface area contributed by atoms with E-state index in [1.54, 1.807) is 0 Å². The molecule has 1 spiro atoms. The minimum atomic E-state index is 0.796. The van der Waals surface area contributed by atoms with Crippen molar-refractivity contribution < 1.29 is 0 Å². The highest BCUT2D eigenvalue weighted by atomic mass is 15.1. The maximum atomic E-state index is 2.51. The van der Waals surface area contributed by atoms with E-state index in [-0.39, 0.29) is 0 Å². The summed E-state index contributed by atoms with van der Waals surface area (Å²) in [5.41, 5.74) is 0.796. The zero-order chi connectivity index (χ0) is 8.60. The average Bonchev–Trinajstić information content (AvgIpc) is 2.07. The van der Waals surface area contributed by atoms with Crippen LogP contribution in [0.3, 0.4) is 0 Å². The van der Waals surface area contributed by atoms with Gasteiger partial charge >= 0.3 is 0 Å². The summed E-state index contributed by atoms with van der Waals surface area (Å²) in [5.74, 6) is 0.929. The molecule has 1 saturated heterocycles. The molecule has 0 bridgehead atoms. The summed E-state index contributed by atoms with van der Waals surface area (Å²) in [7, 11) is 2.27. The highest BCUT2D eigenvalue weighted by Gasteiger charge is 2.39. The van der Waals surface area contributed by atoms with E-state index in [0.29, 0.717) is 0 Å². The van der Waals surface area contributed by atoms with Gasteiger partial charge < -0.3 is 4.90 Å². The van der Waals surface area contributed by atoms with Crippen molar-refractivity contribution >= 4 is 0 Å². The summed E-state index contributed by atoms with van der Waals surface area (Å²) in [6.45, 7) is 5.08. The van der Waals surface area contributed by atoms with Gasteiger partial charge in [0.2, 0.25) is 0 Å². The predicted molar refractivity (Wildman–Crippen MR) is 52.2 cm³/mol. The van der Waals surface area contributed by atoms with Crippen molar-refractivity contribution in [3.8, 4) is 0 Å². The van der Waals surface area contributed by atoms with Crippen molar-refractivity contribution in [1.29, 1.82) is 0 Å². The second-order valence-electron chi connectivity index (χ2n) is 5.18. The van der Waals surface area contributed by atoms with Gasteiger partial charge in [-0.2, -0.15) is 0 Å². The number of nitrogens with zero attached hydrogens (tertiary/aromatic N) is 1. The third-order valence-electron chi connectivity index (χ3n) is 3.84. The van der Waals surface area contributed by atoms with Crippen molar-refractivity contribution in [3.63, 3.8) is 0 Å². The van der Waals surface area contributed by atoms with Crippen LogP contribution in [0.1, 0.15) is 39.0 Å². The van der Waals surface area contributed by atoms with Crippen molar-refractivity contribution in [2.45, 2.75) is 39.0 Å². The quantitative estimate of drug-likeness (QED) is 0.536. The van der Waals surface area contributed by atoms with E-state index >= 15 is 0 Å². The third kappa shape index (κ3) is 1.52. The van der Waals surface area contributed by atoms with Crippen molar-refractivity contribution in [3.05, 3.63) is 0 Å². The Hall–Kier alpha value is -0.0400. The van der Waals surface area contributed by atoms with Crippen molar-refractivity contribution in [2.75, 3.05) is 20.1 Å². The van der Waals surface area contributed by atoms with Gasteiger partial charge in [0.25, 0.3) is 0 Å². The second-order valence-corrected chi connectivity index (χ2v) is 5.18. The van der Waals surface area contributed by atoms with Crippen LogP contribution < -0.4 is 0 Å². The number of rotatable bonds is 0. The lowest BCUT2D eigenvalue weighted by molar-refractivity contribution is 0.0982.